The minimum absolute atomic E-state index is 0.0283. The smallest absolute Gasteiger partial charge is 0.330 e. The van der Waals surface area contributed by atoms with Crippen LogP contribution in [0.15, 0.2) is 46.1 Å². The lowest BCUT2D eigenvalue weighted by atomic mass is 10.1. The Labute approximate surface area is 163 Å². The van der Waals surface area contributed by atoms with Crippen LogP contribution in [0.4, 0.5) is 0 Å². The Balaban J connectivity index is 1.60. The second kappa shape index (κ2) is 7.39. The summed E-state index contributed by atoms with van der Waals surface area (Å²) in [5.74, 6) is 0.339. The zero-order valence-corrected chi connectivity index (χ0v) is 16.3. The third-order valence-corrected chi connectivity index (χ3v) is 5.95. The van der Waals surface area contributed by atoms with E-state index in [1.54, 1.807) is 13.2 Å². The highest BCUT2D eigenvalue weighted by molar-refractivity contribution is 5.83. The molecule has 148 valence electrons. The lowest BCUT2D eigenvalue weighted by molar-refractivity contribution is -0.135. The van der Waals surface area contributed by atoms with Gasteiger partial charge in [-0.05, 0) is 30.9 Å². The van der Waals surface area contributed by atoms with Gasteiger partial charge in [-0.1, -0.05) is 30.3 Å². The molecule has 0 radical (unpaired) electrons. The highest BCUT2D eigenvalue weighted by Gasteiger charge is 2.47. The number of hydrogen-bond acceptors (Lipinski definition) is 4. The van der Waals surface area contributed by atoms with Crippen molar-refractivity contribution < 1.29 is 4.79 Å². The van der Waals surface area contributed by atoms with Crippen molar-refractivity contribution in [3.8, 4) is 0 Å². The lowest BCUT2D eigenvalue weighted by Crippen LogP contribution is -2.45. The number of aryl methyl sites for hydroxylation is 1. The number of hydrogen-bond donors (Lipinski definition) is 1. The molecule has 1 aromatic heterocycles. The van der Waals surface area contributed by atoms with Crippen LogP contribution in [0, 0.1) is 5.92 Å². The van der Waals surface area contributed by atoms with Gasteiger partial charge in [0.2, 0.25) is 5.91 Å². The number of nitrogens with zero attached hydrogens (tertiary/aromatic N) is 3. The van der Waals surface area contributed by atoms with Gasteiger partial charge in [0.05, 0.1) is 12.1 Å². The molecule has 1 aromatic carbocycles. The van der Waals surface area contributed by atoms with Gasteiger partial charge >= 0.3 is 5.69 Å². The van der Waals surface area contributed by atoms with Crippen molar-refractivity contribution in [2.75, 3.05) is 13.1 Å². The van der Waals surface area contributed by atoms with E-state index in [4.69, 9.17) is 0 Å². The second-order valence-corrected chi connectivity index (χ2v) is 7.88. The summed E-state index contributed by atoms with van der Waals surface area (Å²) in [6.07, 6.45) is 3.29. The number of nitrogens with one attached hydrogen (secondary N) is 1. The monoisotopic (exact) mass is 382 g/mol. The van der Waals surface area contributed by atoms with Crippen molar-refractivity contribution in [2.24, 2.45) is 20.0 Å². The molecule has 1 aliphatic carbocycles. The first-order valence-corrected chi connectivity index (χ1v) is 9.79. The summed E-state index contributed by atoms with van der Waals surface area (Å²) in [5.41, 5.74) is 0.980. The van der Waals surface area contributed by atoms with E-state index >= 15 is 0 Å². The van der Waals surface area contributed by atoms with Gasteiger partial charge in [0.1, 0.15) is 0 Å². The van der Waals surface area contributed by atoms with Gasteiger partial charge in [0.15, 0.2) is 0 Å². The van der Waals surface area contributed by atoms with Crippen LogP contribution >= 0.6 is 0 Å². The normalized spacial score (nSPS) is 23.6. The first-order valence-electron chi connectivity index (χ1n) is 9.79. The summed E-state index contributed by atoms with van der Waals surface area (Å²) in [6, 6.07) is 10.2. The summed E-state index contributed by atoms with van der Waals surface area (Å²) in [4.78, 5) is 39.8. The maximum atomic E-state index is 13.3. The minimum Gasteiger partial charge on any atom is -0.334 e. The number of carbonyl (C=O) groups excluding carboxylic acids is 1. The molecule has 1 aliphatic heterocycles. The fourth-order valence-corrected chi connectivity index (χ4v) is 4.22. The molecular formula is C21H26N4O3. The van der Waals surface area contributed by atoms with Crippen molar-refractivity contribution in [1.29, 1.82) is 0 Å². The van der Waals surface area contributed by atoms with Crippen molar-refractivity contribution in [2.45, 2.75) is 31.3 Å². The Morgan fingerprint density at radius 1 is 1.21 bits per heavy atom. The average molecular weight is 382 g/mol. The highest BCUT2D eigenvalue weighted by atomic mass is 16.2. The molecular weight excluding hydrogens is 356 g/mol. The molecule has 0 spiro atoms. The molecule has 4 rings (SSSR count). The summed E-state index contributed by atoms with van der Waals surface area (Å²) < 4.78 is 2.50. The summed E-state index contributed by atoms with van der Waals surface area (Å²) >= 11 is 0. The predicted octanol–water partition coefficient (Wildman–Crippen LogP) is 0.578. The number of aromatic nitrogens is 2. The zero-order chi connectivity index (χ0) is 19.8. The molecule has 28 heavy (non-hydrogen) atoms. The lowest BCUT2D eigenvalue weighted by Gasteiger charge is -2.29. The maximum Gasteiger partial charge on any atom is 0.330 e. The Kier molecular flexibility index (Phi) is 4.93. The van der Waals surface area contributed by atoms with Gasteiger partial charge in [0, 0.05) is 38.8 Å². The Bertz CT molecular complexity index is 989. The largest absolute Gasteiger partial charge is 0.334 e. The first-order chi connectivity index (χ1) is 13.5. The predicted molar refractivity (Wildman–Crippen MR) is 106 cm³/mol. The van der Waals surface area contributed by atoms with Crippen LogP contribution < -0.4 is 16.6 Å². The molecule has 3 atom stereocenters. The molecule has 7 heteroatoms. The number of rotatable bonds is 5. The molecule has 1 N–H and O–H groups in total. The first kappa shape index (κ1) is 18.7. The fourth-order valence-electron chi connectivity index (χ4n) is 4.22. The van der Waals surface area contributed by atoms with Crippen molar-refractivity contribution >= 4 is 5.91 Å². The fraction of sp³-hybridized carbons (Fsp3) is 0.476. The third-order valence-electron chi connectivity index (χ3n) is 5.95. The molecule has 1 saturated heterocycles. The van der Waals surface area contributed by atoms with Gasteiger partial charge < -0.3 is 14.8 Å². The molecule has 2 fully saturated rings. The van der Waals surface area contributed by atoms with Crippen LogP contribution in [-0.2, 0) is 25.4 Å². The quantitative estimate of drug-likeness (QED) is 0.821. The van der Waals surface area contributed by atoms with Crippen LogP contribution in [-0.4, -0.2) is 39.1 Å². The van der Waals surface area contributed by atoms with Crippen LogP contribution in [0.5, 0.6) is 0 Å². The topological polar surface area (TPSA) is 76.3 Å². The van der Waals surface area contributed by atoms with Gasteiger partial charge in [-0.15, -0.1) is 0 Å². The SMILES string of the molecule is Cn1cc(CN(C(=O)[C@@H]2C[C@@H]2c2ccccc2)[C@@H]2CCNC2)c(=O)n(C)c1=O. The van der Waals surface area contributed by atoms with E-state index in [-0.39, 0.29) is 41.6 Å². The Hall–Kier alpha value is -2.67. The molecule has 1 amide bonds. The van der Waals surface area contributed by atoms with Crippen molar-refractivity contribution in [3.05, 3.63) is 68.5 Å². The number of benzene rings is 1. The molecule has 0 bridgehead atoms. The van der Waals surface area contributed by atoms with Crippen LogP contribution in [0.3, 0.4) is 0 Å². The molecule has 0 unspecified atom stereocenters. The highest BCUT2D eigenvalue weighted by Crippen LogP contribution is 2.48. The molecule has 2 aliphatic rings. The van der Waals surface area contributed by atoms with Crippen molar-refractivity contribution in [3.63, 3.8) is 0 Å². The molecule has 7 nitrogen and oxygen atoms in total. The summed E-state index contributed by atoms with van der Waals surface area (Å²) in [7, 11) is 3.10. The van der Waals surface area contributed by atoms with Crippen LogP contribution in [0.25, 0.3) is 0 Å². The molecule has 1 saturated carbocycles. The second-order valence-electron chi connectivity index (χ2n) is 7.88. The average Bonchev–Trinajstić information content (AvgIpc) is 3.34. The van der Waals surface area contributed by atoms with Gasteiger partial charge in [-0.25, -0.2) is 4.79 Å². The molecule has 2 aromatic rings. The van der Waals surface area contributed by atoms with Crippen molar-refractivity contribution in [1.82, 2.24) is 19.4 Å². The summed E-state index contributed by atoms with van der Waals surface area (Å²) in [5, 5.41) is 3.31. The van der Waals surface area contributed by atoms with Gasteiger partial charge in [-0.3, -0.25) is 14.2 Å². The van der Waals surface area contributed by atoms with Crippen LogP contribution in [0.1, 0.15) is 29.9 Å². The van der Waals surface area contributed by atoms with E-state index in [0.29, 0.717) is 5.56 Å². The Morgan fingerprint density at radius 3 is 2.64 bits per heavy atom. The van der Waals surface area contributed by atoms with Crippen LogP contribution in [0.2, 0.25) is 0 Å². The summed E-state index contributed by atoms with van der Waals surface area (Å²) in [6.45, 7) is 1.84. The standard InChI is InChI=1S/C21H26N4O3/c1-23-12-15(19(26)24(2)21(23)28)13-25(16-8-9-22-11-16)20(27)18-10-17(18)14-6-4-3-5-7-14/h3-7,12,16-18,22H,8-11,13H2,1-2H3/t16-,17-,18-/m1/s1. The number of carbonyl (C=O) groups is 1. The molecule has 2 heterocycles. The van der Waals surface area contributed by atoms with E-state index in [0.717, 1.165) is 30.5 Å². The van der Waals surface area contributed by atoms with E-state index in [1.165, 1.54) is 17.2 Å². The van der Waals surface area contributed by atoms with E-state index in [2.05, 4.69) is 17.4 Å². The Morgan fingerprint density at radius 2 is 1.96 bits per heavy atom. The third kappa shape index (κ3) is 3.42. The van der Waals surface area contributed by atoms with E-state index in [1.807, 2.05) is 23.1 Å². The van der Waals surface area contributed by atoms with Gasteiger partial charge in [-0.2, -0.15) is 0 Å². The maximum absolute atomic E-state index is 13.3. The minimum atomic E-state index is -0.361. The van der Waals surface area contributed by atoms with Gasteiger partial charge in [0.25, 0.3) is 5.56 Å². The van der Waals surface area contributed by atoms with E-state index < -0.39 is 0 Å². The number of amides is 1. The zero-order valence-electron chi connectivity index (χ0n) is 16.3. The van der Waals surface area contributed by atoms with E-state index in [9.17, 15) is 14.4 Å².